The minimum Gasteiger partial charge on any atom is -0.155 e. The van der Waals surface area contributed by atoms with Crippen LogP contribution in [0.5, 0.6) is 0 Å². The van der Waals surface area contributed by atoms with Crippen LogP contribution in [0.25, 0.3) is 0 Å². The molecule has 0 aromatic heterocycles. The first-order valence-corrected chi connectivity index (χ1v) is 4.16. The minimum atomic E-state index is -5.44. The maximum Gasteiger partial charge on any atom is 0.467 e. The van der Waals surface area contributed by atoms with Crippen LogP contribution >= 0.6 is 24.0 Å². The Bertz CT molecular complexity index is 320. The molecule has 0 N–H and O–H groups in total. The summed E-state index contributed by atoms with van der Waals surface area (Å²) in [5.74, 6) is 0. The second-order valence-electron chi connectivity index (χ2n) is 3.01. The van der Waals surface area contributed by atoms with Crippen molar-refractivity contribution >= 4 is 24.0 Å². The molecule has 8 heteroatoms. The van der Waals surface area contributed by atoms with Gasteiger partial charge in [-0.15, -0.1) is 28.9 Å². The number of hydrogen-bond acceptors (Lipinski definition) is 1. The van der Waals surface area contributed by atoms with Gasteiger partial charge in [0.25, 0.3) is 0 Å². The van der Waals surface area contributed by atoms with E-state index in [1.54, 1.807) is 0 Å². The topological polar surface area (TPSA) is 3.24 Å². The molecular formula is C9H8F6IN. The summed E-state index contributed by atoms with van der Waals surface area (Å²) in [5.41, 5.74) is -0.0582. The van der Waals surface area contributed by atoms with E-state index < -0.39 is 24.0 Å². The molecule has 1 aromatic carbocycles. The molecule has 0 bridgehead atoms. The summed E-state index contributed by atoms with van der Waals surface area (Å²) in [6, 6.07) is 6.66. The van der Waals surface area contributed by atoms with Crippen LogP contribution in [0, 0.1) is 0 Å². The van der Waals surface area contributed by atoms with Crippen LogP contribution in [-0.4, -0.2) is 17.5 Å². The van der Waals surface area contributed by atoms with Crippen LogP contribution in [0.4, 0.5) is 26.3 Å². The van der Waals surface area contributed by atoms with E-state index >= 15 is 0 Å². The van der Waals surface area contributed by atoms with Crippen LogP contribution in [0.2, 0.25) is 0 Å². The summed E-state index contributed by atoms with van der Waals surface area (Å²) in [6.45, 7) is -1.24. The monoisotopic (exact) mass is 371 g/mol. The average Bonchev–Trinajstić information content (AvgIpc) is 2.12. The van der Waals surface area contributed by atoms with Gasteiger partial charge in [0.1, 0.15) is 0 Å². The second kappa shape index (κ2) is 5.89. The van der Waals surface area contributed by atoms with Gasteiger partial charge in [0, 0.05) is 6.54 Å². The number of hydrogen-bond donors (Lipinski definition) is 0. The van der Waals surface area contributed by atoms with Crippen LogP contribution in [0.1, 0.15) is 5.56 Å². The molecule has 1 rings (SSSR count). The Balaban J connectivity index is 0.00000256. The molecule has 17 heavy (non-hydrogen) atoms. The SMILES string of the molecule is FC(F)(F)N(Cc1ccccc1)C(F)(F)F.I. The summed E-state index contributed by atoms with van der Waals surface area (Å²) < 4.78 is 72.6. The van der Waals surface area contributed by atoms with Gasteiger partial charge in [-0.1, -0.05) is 30.3 Å². The highest BCUT2D eigenvalue weighted by molar-refractivity contribution is 14.0. The van der Waals surface area contributed by atoms with Crippen molar-refractivity contribution in [3.8, 4) is 0 Å². The second-order valence-corrected chi connectivity index (χ2v) is 3.01. The Kier molecular flexibility index (Phi) is 5.72. The quantitative estimate of drug-likeness (QED) is 0.429. The summed E-state index contributed by atoms with van der Waals surface area (Å²) >= 11 is 0. The van der Waals surface area contributed by atoms with Gasteiger partial charge in [-0.05, 0) is 5.56 Å². The first kappa shape index (κ1) is 16.5. The normalized spacial score (nSPS) is 12.4. The molecule has 0 spiro atoms. The fourth-order valence-electron chi connectivity index (χ4n) is 1.09. The lowest BCUT2D eigenvalue weighted by atomic mass is 10.2. The zero-order valence-electron chi connectivity index (χ0n) is 8.22. The maximum absolute atomic E-state index is 12.1. The lowest BCUT2D eigenvalue weighted by Crippen LogP contribution is -2.47. The summed E-state index contributed by atoms with van der Waals surface area (Å²) in [4.78, 5) is -1.46. The number of rotatable bonds is 2. The van der Waals surface area contributed by atoms with E-state index in [2.05, 4.69) is 0 Å². The first-order chi connectivity index (χ1) is 7.21. The molecule has 0 unspecified atom stereocenters. The maximum atomic E-state index is 12.1. The van der Waals surface area contributed by atoms with Crippen LogP contribution in [0.15, 0.2) is 30.3 Å². The van der Waals surface area contributed by atoms with Gasteiger partial charge in [0.2, 0.25) is 0 Å². The van der Waals surface area contributed by atoms with Crippen molar-refractivity contribution in [2.75, 3.05) is 0 Å². The van der Waals surface area contributed by atoms with E-state index in [0.29, 0.717) is 0 Å². The molecule has 1 aromatic rings. The van der Waals surface area contributed by atoms with Gasteiger partial charge in [0.15, 0.2) is 0 Å². The molecule has 0 amide bonds. The van der Waals surface area contributed by atoms with Crippen LogP contribution in [0.3, 0.4) is 0 Å². The molecule has 0 atom stereocenters. The molecule has 0 saturated carbocycles. The highest BCUT2D eigenvalue weighted by atomic mass is 127. The van der Waals surface area contributed by atoms with Crippen molar-refractivity contribution in [1.29, 1.82) is 0 Å². The molecule has 0 aliphatic carbocycles. The number of benzene rings is 1. The molecule has 98 valence electrons. The van der Waals surface area contributed by atoms with E-state index in [-0.39, 0.29) is 29.5 Å². The van der Waals surface area contributed by atoms with Gasteiger partial charge in [0.05, 0.1) is 0 Å². The third-order valence-electron chi connectivity index (χ3n) is 1.80. The Hall–Kier alpha value is -0.510. The third-order valence-corrected chi connectivity index (χ3v) is 1.80. The molecule has 0 radical (unpaired) electrons. The standard InChI is InChI=1S/C9H7F6N.HI/c10-8(11,12)16(9(13,14)15)6-7-4-2-1-3-5-7;/h1-5H,6H2;1H. The third kappa shape index (κ3) is 5.11. The molecule has 0 aliphatic rings. The minimum absolute atomic E-state index is 0. The summed E-state index contributed by atoms with van der Waals surface area (Å²) in [5, 5.41) is 0. The average molecular weight is 371 g/mol. The van der Waals surface area contributed by atoms with Crippen molar-refractivity contribution in [1.82, 2.24) is 4.90 Å². The lowest BCUT2D eigenvalue weighted by Gasteiger charge is -2.26. The molecule has 0 saturated heterocycles. The molecular weight excluding hydrogens is 363 g/mol. The lowest BCUT2D eigenvalue weighted by molar-refractivity contribution is -0.377. The largest absolute Gasteiger partial charge is 0.467 e. The Labute approximate surface area is 110 Å². The summed E-state index contributed by atoms with van der Waals surface area (Å²) in [6.07, 6.45) is -10.9. The fourth-order valence-corrected chi connectivity index (χ4v) is 1.09. The first-order valence-electron chi connectivity index (χ1n) is 4.16. The van der Waals surface area contributed by atoms with E-state index in [9.17, 15) is 26.3 Å². The van der Waals surface area contributed by atoms with Gasteiger partial charge >= 0.3 is 12.6 Å². The van der Waals surface area contributed by atoms with Crippen LogP contribution < -0.4 is 0 Å². The zero-order valence-corrected chi connectivity index (χ0v) is 10.5. The molecule has 0 heterocycles. The van der Waals surface area contributed by atoms with Crippen molar-refractivity contribution in [2.24, 2.45) is 0 Å². The molecule has 0 aliphatic heterocycles. The van der Waals surface area contributed by atoms with E-state index in [0.717, 1.165) is 0 Å². The Morgan fingerprint density at radius 1 is 0.824 bits per heavy atom. The predicted molar refractivity (Wildman–Crippen MR) is 59.5 cm³/mol. The number of alkyl halides is 6. The van der Waals surface area contributed by atoms with Crippen molar-refractivity contribution in [3.05, 3.63) is 35.9 Å². The van der Waals surface area contributed by atoms with Gasteiger partial charge in [-0.3, -0.25) is 0 Å². The van der Waals surface area contributed by atoms with Crippen molar-refractivity contribution in [3.63, 3.8) is 0 Å². The Morgan fingerprint density at radius 2 is 1.24 bits per heavy atom. The van der Waals surface area contributed by atoms with Crippen molar-refractivity contribution in [2.45, 2.75) is 19.1 Å². The Morgan fingerprint density at radius 3 is 1.59 bits per heavy atom. The predicted octanol–water partition coefficient (Wildman–Crippen LogP) is 4.15. The van der Waals surface area contributed by atoms with Crippen LogP contribution in [-0.2, 0) is 6.54 Å². The zero-order chi connectivity index (χ0) is 12.4. The molecule has 0 fully saturated rings. The van der Waals surface area contributed by atoms with E-state index in [1.807, 2.05) is 0 Å². The summed E-state index contributed by atoms with van der Waals surface area (Å²) in [7, 11) is 0. The number of halogens is 7. The number of nitrogens with zero attached hydrogens (tertiary/aromatic N) is 1. The smallest absolute Gasteiger partial charge is 0.155 e. The van der Waals surface area contributed by atoms with E-state index in [4.69, 9.17) is 0 Å². The van der Waals surface area contributed by atoms with E-state index in [1.165, 1.54) is 30.3 Å². The van der Waals surface area contributed by atoms with Crippen molar-refractivity contribution < 1.29 is 26.3 Å². The van der Waals surface area contributed by atoms with Gasteiger partial charge in [-0.2, -0.15) is 26.3 Å². The fraction of sp³-hybridized carbons (Fsp3) is 0.333. The van der Waals surface area contributed by atoms with Gasteiger partial charge < -0.3 is 0 Å². The van der Waals surface area contributed by atoms with Gasteiger partial charge in [-0.25, -0.2) is 0 Å². The highest BCUT2D eigenvalue weighted by Gasteiger charge is 2.53. The molecule has 1 nitrogen and oxygen atoms in total. The highest BCUT2D eigenvalue weighted by Crippen LogP contribution is 2.34.